The van der Waals surface area contributed by atoms with Gasteiger partial charge in [0.05, 0.1) is 22.1 Å². The number of benzene rings is 4. The molecule has 10 heteroatoms. The topological polar surface area (TPSA) is 69.6 Å². The zero-order valence-corrected chi connectivity index (χ0v) is 26.0. The number of rotatable bonds is 6. The van der Waals surface area contributed by atoms with E-state index in [1.807, 2.05) is 54.6 Å². The Kier molecular flexibility index (Phi) is 7.63. The van der Waals surface area contributed by atoms with Crippen LogP contribution < -0.4 is 10.3 Å². The van der Waals surface area contributed by atoms with Gasteiger partial charge in [-0.25, -0.2) is 4.98 Å². The van der Waals surface area contributed by atoms with E-state index in [2.05, 4.69) is 52.9 Å². The van der Waals surface area contributed by atoms with Crippen molar-refractivity contribution in [2.45, 2.75) is 6.61 Å². The maximum absolute atomic E-state index is 13.5. The van der Waals surface area contributed by atoms with Gasteiger partial charge in [-0.1, -0.05) is 77.6 Å². The van der Waals surface area contributed by atoms with Crippen LogP contribution in [0.2, 0.25) is 5.02 Å². The molecule has 6 aromatic rings. The lowest BCUT2D eigenvalue weighted by Gasteiger charge is -2.10. The van der Waals surface area contributed by atoms with Crippen molar-refractivity contribution in [3.63, 3.8) is 0 Å². The largest absolute Gasteiger partial charge is 0.487 e. The quantitative estimate of drug-likeness (QED) is 0.160. The van der Waals surface area contributed by atoms with Crippen molar-refractivity contribution in [2.24, 2.45) is 5.10 Å². The number of hydrogen-bond acceptors (Lipinski definition) is 5. The summed E-state index contributed by atoms with van der Waals surface area (Å²) in [6.07, 6.45) is 1.56. The molecule has 6 nitrogen and oxygen atoms in total. The lowest BCUT2D eigenvalue weighted by Crippen LogP contribution is -2.20. The molecule has 0 aliphatic rings. The predicted molar refractivity (Wildman–Crippen MR) is 170 cm³/mol. The van der Waals surface area contributed by atoms with Crippen molar-refractivity contribution in [1.82, 2.24) is 9.66 Å². The number of furan rings is 1. The average Bonchev–Trinajstić information content (AvgIpc) is 3.36. The molecule has 198 valence electrons. The molecule has 0 amide bonds. The van der Waals surface area contributed by atoms with E-state index in [0.29, 0.717) is 51.0 Å². The SMILES string of the molecule is O=c1c2ccccc2nc(-c2cc3cc(Br)ccc3o2)n1N=Cc1ccc(OCc2ccc(Br)cc2Br)c(Cl)c1. The first-order valence-electron chi connectivity index (χ1n) is 12.0. The third-order valence-corrected chi connectivity index (χ3v) is 8.15. The summed E-state index contributed by atoms with van der Waals surface area (Å²) in [6, 6.07) is 25.9. The molecule has 0 N–H and O–H groups in total. The van der Waals surface area contributed by atoms with Crippen LogP contribution in [0, 0.1) is 0 Å². The van der Waals surface area contributed by atoms with Crippen molar-refractivity contribution in [1.29, 1.82) is 0 Å². The van der Waals surface area contributed by atoms with E-state index in [-0.39, 0.29) is 5.56 Å². The van der Waals surface area contributed by atoms with Crippen LogP contribution in [0.15, 0.2) is 113 Å². The Morgan fingerprint density at radius 3 is 2.58 bits per heavy atom. The monoisotopic (exact) mass is 739 g/mol. The van der Waals surface area contributed by atoms with Crippen LogP contribution in [-0.2, 0) is 6.61 Å². The fourth-order valence-electron chi connectivity index (χ4n) is 4.15. The summed E-state index contributed by atoms with van der Waals surface area (Å²) in [4.78, 5) is 18.2. The molecule has 40 heavy (non-hydrogen) atoms. The molecule has 0 aliphatic carbocycles. The van der Waals surface area contributed by atoms with Gasteiger partial charge in [0.25, 0.3) is 5.56 Å². The molecule has 0 radical (unpaired) electrons. The molecule has 0 saturated carbocycles. The molecule has 0 unspecified atom stereocenters. The molecular weight excluding hydrogens is 726 g/mol. The van der Waals surface area contributed by atoms with Gasteiger partial charge in [0.15, 0.2) is 5.76 Å². The van der Waals surface area contributed by atoms with Crippen LogP contribution in [-0.4, -0.2) is 15.9 Å². The van der Waals surface area contributed by atoms with Crippen LogP contribution in [0.25, 0.3) is 33.5 Å². The lowest BCUT2D eigenvalue weighted by atomic mass is 10.2. The average molecular weight is 743 g/mol. The molecule has 0 bridgehead atoms. The minimum absolute atomic E-state index is 0.290. The number of ether oxygens (including phenoxy) is 1. The fourth-order valence-corrected chi connectivity index (χ4v) is 5.93. The fraction of sp³-hybridized carbons (Fsp3) is 0.0333. The molecule has 0 fully saturated rings. The summed E-state index contributed by atoms with van der Waals surface area (Å²) in [5.74, 6) is 1.25. The third kappa shape index (κ3) is 5.51. The summed E-state index contributed by atoms with van der Waals surface area (Å²) in [6.45, 7) is 0.344. The minimum Gasteiger partial charge on any atom is -0.487 e. The van der Waals surface area contributed by atoms with Crippen molar-refractivity contribution in [3.05, 3.63) is 125 Å². The molecule has 0 atom stereocenters. The van der Waals surface area contributed by atoms with Crippen molar-refractivity contribution < 1.29 is 9.15 Å². The summed E-state index contributed by atoms with van der Waals surface area (Å²) in [5, 5.41) is 6.25. The number of aromatic nitrogens is 2. The normalized spacial score (nSPS) is 11.6. The number of nitrogens with zero attached hydrogens (tertiary/aromatic N) is 3. The van der Waals surface area contributed by atoms with Gasteiger partial charge in [-0.2, -0.15) is 9.78 Å². The standard InChI is InChI=1S/C30H17Br3ClN3O3/c31-20-8-10-26-19(12-20)13-28(40-26)29-36-25-4-2-1-3-22(25)30(38)37(29)35-15-17-5-9-27(24(34)11-17)39-16-18-6-7-21(32)14-23(18)33/h1-15H,16H2. The van der Waals surface area contributed by atoms with Crippen LogP contribution in [0.4, 0.5) is 0 Å². The Labute approximate surface area is 258 Å². The first-order chi connectivity index (χ1) is 19.4. The number of halogens is 4. The Morgan fingerprint density at radius 2 is 1.75 bits per heavy atom. The highest BCUT2D eigenvalue weighted by molar-refractivity contribution is 9.11. The molecule has 0 aliphatic heterocycles. The van der Waals surface area contributed by atoms with E-state index < -0.39 is 0 Å². The van der Waals surface area contributed by atoms with Crippen LogP contribution in [0.3, 0.4) is 0 Å². The minimum atomic E-state index is -0.315. The van der Waals surface area contributed by atoms with Crippen molar-refractivity contribution in [3.8, 4) is 17.3 Å². The highest BCUT2D eigenvalue weighted by Gasteiger charge is 2.17. The van der Waals surface area contributed by atoms with Gasteiger partial charge in [-0.15, -0.1) is 0 Å². The summed E-state index contributed by atoms with van der Waals surface area (Å²) in [7, 11) is 0. The van der Waals surface area contributed by atoms with Gasteiger partial charge in [-0.05, 0) is 72.3 Å². The third-order valence-electron chi connectivity index (χ3n) is 6.13. The zero-order valence-electron chi connectivity index (χ0n) is 20.4. The van der Waals surface area contributed by atoms with Gasteiger partial charge in [0, 0.05) is 24.4 Å². The Morgan fingerprint density at radius 1 is 0.950 bits per heavy atom. The second-order valence-electron chi connectivity index (χ2n) is 8.82. The summed E-state index contributed by atoms with van der Waals surface area (Å²) in [5.41, 5.74) is 2.58. The maximum Gasteiger partial charge on any atom is 0.282 e. The molecule has 2 heterocycles. The van der Waals surface area contributed by atoms with Gasteiger partial charge < -0.3 is 9.15 Å². The Balaban J connectivity index is 1.34. The maximum atomic E-state index is 13.5. The lowest BCUT2D eigenvalue weighted by molar-refractivity contribution is 0.305. The van der Waals surface area contributed by atoms with E-state index in [1.165, 1.54) is 4.68 Å². The summed E-state index contributed by atoms with van der Waals surface area (Å²) >= 11 is 17.0. The molecule has 6 rings (SSSR count). The second-order valence-corrected chi connectivity index (χ2v) is 11.9. The molecular formula is C30H17Br3ClN3O3. The van der Waals surface area contributed by atoms with Crippen molar-refractivity contribution in [2.75, 3.05) is 0 Å². The number of fused-ring (bicyclic) bond motifs is 2. The predicted octanol–water partition coefficient (Wildman–Crippen LogP) is 9.21. The van der Waals surface area contributed by atoms with E-state index in [0.717, 1.165) is 24.4 Å². The molecule has 2 aromatic heterocycles. The Bertz CT molecular complexity index is 2000. The molecule has 4 aromatic carbocycles. The molecule has 0 saturated heterocycles. The van der Waals surface area contributed by atoms with Gasteiger partial charge >= 0.3 is 0 Å². The van der Waals surface area contributed by atoms with Crippen LogP contribution in [0.5, 0.6) is 5.75 Å². The highest BCUT2D eigenvalue weighted by Crippen LogP contribution is 2.30. The van der Waals surface area contributed by atoms with E-state index in [1.54, 1.807) is 36.5 Å². The Hall–Kier alpha value is -3.24. The first-order valence-corrected chi connectivity index (χ1v) is 14.7. The smallest absolute Gasteiger partial charge is 0.282 e. The van der Waals surface area contributed by atoms with E-state index in [4.69, 9.17) is 25.7 Å². The van der Waals surface area contributed by atoms with Gasteiger partial charge in [0.2, 0.25) is 5.82 Å². The number of para-hydroxylation sites is 1. The van der Waals surface area contributed by atoms with Crippen LogP contribution in [0.1, 0.15) is 11.1 Å². The zero-order chi connectivity index (χ0) is 27.8. The van der Waals surface area contributed by atoms with Crippen molar-refractivity contribution >= 4 is 87.5 Å². The number of hydrogen-bond donors (Lipinski definition) is 0. The van der Waals surface area contributed by atoms with E-state index in [9.17, 15) is 4.79 Å². The molecule has 0 spiro atoms. The second kappa shape index (κ2) is 11.3. The van der Waals surface area contributed by atoms with Crippen LogP contribution >= 0.6 is 59.4 Å². The van der Waals surface area contributed by atoms with Gasteiger partial charge in [0.1, 0.15) is 17.9 Å². The first kappa shape index (κ1) is 27.0. The summed E-state index contributed by atoms with van der Waals surface area (Å²) < 4.78 is 16.1. The van der Waals surface area contributed by atoms with E-state index >= 15 is 0 Å². The highest BCUT2D eigenvalue weighted by atomic mass is 79.9. The van der Waals surface area contributed by atoms with Gasteiger partial charge in [-0.3, -0.25) is 4.79 Å².